The summed E-state index contributed by atoms with van der Waals surface area (Å²) in [4.78, 5) is 75.7. The quantitative estimate of drug-likeness (QED) is 0.204. The number of fused-ring (bicyclic) bond motifs is 1. The van der Waals surface area contributed by atoms with Gasteiger partial charge in [0.05, 0.1) is 17.8 Å². The Morgan fingerprint density at radius 3 is 2.16 bits per heavy atom. The van der Waals surface area contributed by atoms with Gasteiger partial charge in [0.15, 0.2) is 0 Å². The second kappa shape index (κ2) is 17.8. The second-order valence-corrected chi connectivity index (χ2v) is 17.9. The molecule has 1 atom stereocenters. The van der Waals surface area contributed by atoms with Crippen LogP contribution in [-0.2, 0) is 14.4 Å². The number of pyridine rings is 1. The molecule has 0 bridgehead atoms. The lowest BCUT2D eigenvalue weighted by Crippen LogP contribution is -2.52. The Bertz CT molecular complexity index is 2210. The van der Waals surface area contributed by atoms with Crippen LogP contribution >= 0.6 is 0 Å². The highest BCUT2D eigenvalue weighted by molar-refractivity contribution is 6.01. The molecule has 0 unspecified atom stereocenters. The summed E-state index contributed by atoms with van der Waals surface area (Å²) in [7, 11) is 3.56. The highest BCUT2D eigenvalue weighted by Gasteiger charge is 2.33. The van der Waals surface area contributed by atoms with Crippen LogP contribution in [0.3, 0.4) is 0 Å². The van der Waals surface area contributed by atoms with Crippen molar-refractivity contribution in [3.05, 3.63) is 66.1 Å². The van der Waals surface area contributed by atoms with Crippen LogP contribution in [0.1, 0.15) is 92.2 Å². The van der Waals surface area contributed by atoms with E-state index in [2.05, 4.69) is 58.0 Å². The summed E-state index contributed by atoms with van der Waals surface area (Å²) in [5, 5.41) is 6.60. The molecule has 4 saturated heterocycles. The lowest BCUT2D eigenvalue weighted by atomic mass is 9.90. The first-order chi connectivity index (χ1) is 29.7. The van der Waals surface area contributed by atoms with Crippen molar-refractivity contribution >= 4 is 57.8 Å². The largest absolute Gasteiger partial charge is 0.372 e. The second-order valence-electron chi connectivity index (χ2n) is 17.9. The highest BCUT2D eigenvalue weighted by atomic mass is 16.2. The third-order valence-electron chi connectivity index (χ3n) is 13.8. The van der Waals surface area contributed by atoms with Crippen molar-refractivity contribution in [2.45, 2.75) is 76.2 Å². The minimum atomic E-state index is -0.247. The number of amides is 4. The molecular weight excluding hydrogens is 771 g/mol. The van der Waals surface area contributed by atoms with Crippen molar-refractivity contribution in [3.8, 4) is 0 Å². The van der Waals surface area contributed by atoms with Crippen molar-refractivity contribution in [2.24, 2.45) is 11.8 Å². The topological polar surface area (TPSA) is 152 Å². The number of piperazine rings is 1. The zero-order chi connectivity index (χ0) is 42.0. The van der Waals surface area contributed by atoms with Gasteiger partial charge in [0.2, 0.25) is 23.7 Å². The van der Waals surface area contributed by atoms with E-state index in [4.69, 9.17) is 9.97 Å². The minimum absolute atomic E-state index is 0.0289. The van der Waals surface area contributed by atoms with Crippen LogP contribution in [-0.4, -0.2) is 131 Å². The summed E-state index contributed by atoms with van der Waals surface area (Å²) in [6.45, 7) is 8.06. The van der Waals surface area contributed by atoms with Gasteiger partial charge in [0.25, 0.3) is 5.91 Å². The summed E-state index contributed by atoms with van der Waals surface area (Å²) < 4.78 is 2.12. The lowest BCUT2D eigenvalue weighted by molar-refractivity contribution is -0.137. The van der Waals surface area contributed by atoms with E-state index in [1.165, 1.54) is 5.69 Å². The molecular formula is C46H59N11O4. The maximum atomic E-state index is 13.7. The number of anilines is 4. The number of hydrogen-bond donors (Lipinski definition) is 2. The number of rotatable bonds is 10. The van der Waals surface area contributed by atoms with E-state index >= 15 is 0 Å². The normalized spacial score (nSPS) is 21.3. The van der Waals surface area contributed by atoms with Crippen molar-refractivity contribution in [1.29, 1.82) is 0 Å². The molecule has 9 rings (SSSR count). The molecule has 0 spiro atoms. The molecule has 1 saturated carbocycles. The SMILES string of the molecule is CN(C)C(=O)c1cc2cnc(Nc3ccc(N4CCN(C(=O)C5CCN(CC6CCN(c7ccc([C@@H]8CCC(=O)NC8=O)cc7)CC6)CC5)CC4)cn3)nc2n1C1CCCC1. The third-order valence-corrected chi connectivity index (χ3v) is 13.8. The van der Waals surface area contributed by atoms with Gasteiger partial charge in [-0.05, 0) is 99.8 Å². The van der Waals surface area contributed by atoms with Gasteiger partial charge >= 0.3 is 0 Å². The van der Waals surface area contributed by atoms with Crippen LogP contribution in [0.2, 0.25) is 0 Å². The number of carbonyl (C=O) groups excluding carboxylic acids is 4. The average Bonchev–Trinajstić information content (AvgIpc) is 3.95. The molecule has 5 fully saturated rings. The first-order valence-corrected chi connectivity index (χ1v) is 22.4. The fraction of sp³-hybridized carbons (Fsp3) is 0.543. The van der Waals surface area contributed by atoms with Crippen LogP contribution in [0, 0.1) is 11.8 Å². The zero-order valence-electron chi connectivity index (χ0n) is 35.6. The smallest absolute Gasteiger partial charge is 0.270 e. The van der Waals surface area contributed by atoms with E-state index in [9.17, 15) is 19.2 Å². The molecule has 5 aliphatic rings. The first-order valence-electron chi connectivity index (χ1n) is 22.4. The summed E-state index contributed by atoms with van der Waals surface area (Å²) in [5.74, 6) is 1.51. The number of imide groups is 1. The van der Waals surface area contributed by atoms with E-state index in [0.717, 1.165) is 119 Å². The van der Waals surface area contributed by atoms with Gasteiger partial charge in [-0.2, -0.15) is 4.98 Å². The summed E-state index contributed by atoms with van der Waals surface area (Å²) in [5.41, 5.74) is 4.62. The molecule has 322 valence electrons. The molecule has 2 N–H and O–H groups in total. The van der Waals surface area contributed by atoms with E-state index < -0.39 is 0 Å². The summed E-state index contributed by atoms with van der Waals surface area (Å²) >= 11 is 0. The molecule has 3 aromatic heterocycles. The zero-order valence-corrected chi connectivity index (χ0v) is 35.6. The molecule has 4 aromatic rings. The van der Waals surface area contributed by atoms with Gasteiger partial charge in [0, 0.05) is 95.6 Å². The minimum Gasteiger partial charge on any atom is -0.372 e. The number of nitrogens with one attached hydrogen (secondary N) is 2. The molecule has 1 aliphatic carbocycles. The van der Waals surface area contributed by atoms with Crippen molar-refractivity contribution in [2.75, 3.05) is 88.1 Å². The Morgan fingerprint density at radius 2 is 1.49 bits per heavy atom. The van der Waals surface area contributed by atoms with E-state index in [-0.39, 0.29) is 35.6 Å². The van der Waals surface area contributed by atoms with Crippen LogP contribution in [0.4, 0.5) is 23.1 Å². The van der Waals surface area contributed by atoms with Crippen LogP contribution in [0.25, 0.3) is 11.0 Å². The molecule has 61 heavy (non-hydrogen) atoms. The Hall–Kier alpha value is -5.57. The number of carbonyl (C=O) groups is 4. The number of aromatic nitrogens is 4. The Labute approximate surface area is 357 Å². The van der Waals surface area contributed by atoms with Gasteiger partial charge in [-0.3, -0.25) is 24.5 Å². The molecule has 4 amide bonds. The maximum absolute atomic E-state index is 13.7. The lowest BCUT2D eigenvalue weighted by Gasteiger charge is -2.40. The van der Waals surface area contributed by atoms with Crippen molar-refractivity contribution < 1.29 is 19.2 Å². The number of nitrogens with zero attached hydrogens (tertiary/aromatic N) is 9. The van der Waals surface area contributed by atoms with Gasteiger partial charge in [-0.25, -0.2) is 9.97 Å². The van der Waals surface area contributed by atoms with Gasteiger partial charge in [-0.15, -0.1) is 0 Å². The summed E-state index contributed by atoms with van der Waals surface area (Å²) in [6.07, 6.45) is 13.1. The highest BCUT2D eigenvalue weighted by Crippen LogP contribution is 2.35. The van der Waals surface area contributed by atoms with Crippen LogP contribution in [0.15, 0.2) is 54.9 Å². The molecule has 0 radical (unpaired) electrons. The number of benzene rings is 1. The van der Waals surface area contributed by atoms with E-state index in [1.54, 1.807) is 25.2 Å². The van der Waals surface area contributed by atoms with Crippen molar-refractivity contribution in [1.82, 2.24) is 39.5 Å². The fourth-order valence-corrected chi connectivity index (χ4v) is 10.2. The summed E-state index contributed by atoms with van der Waals surface area (Å²) in [6, 6.07) is 14.5. The van der Waals surface area contributed by atoms with Gasteiger partial charge in [0.1, 0.15) is 17.2 Å². The third kappa shape index (κ3) is 8.93. The van der Waals surface area contributed by atoms with E-state index in [1.807, 2.05) is 30.5 Å². The fourth-order valence-electron chi connectivity index (χ4n) is 10.2. The number of hydrogen-bond acceptors (Lipinski definition) is 11. The predicted molar refractivity (Wildman–Crippen MR) is 235 cm³/mol. The molecule has 15 heteroatoms. The maximum Gasteiger partial charge on any atom is 0.270 e. The van der Waals surface area contributed by atoms with Crippen molar-refractivity contribution in [3.63, 3.8) is 0 Å². The Kier molecular flexibility index (Phi) is 11.9. The van der Waals surface area contributed by atoms with E-state index in [0.29, 0.717) is 55.2 Å². The Balaban J connectivity index is 0.709. The average molecular weight is 830 g/mol. The number of likely N-dealkylation sites (tertiary alicyclic amines) is 1. The van der Waals surface area contributed by atoms with Gasteiger partial charge in [-0.1, -0.05) is 25.0 Å². The number of piperidine rings is 3. The van der Waals surface area contributed by atoms with Gasteiger partial charge < -0.3 is 34.4 Å². The predicted octanol–water partition coefficient (Wildman–Crippen LogP) is 5.18. The molecule has 4 aliphatic heterocycles. The molecule has 7 heterocycles. The molecule has 1 aromatic carbocycles. The van der Waals surface area contributed by atoms with Crippen LogP contribution < -0.4 is 20.4 Å². The first kappa shape index (κ1) is 40.8. The standard InChI is InChI=1S/C46H59N11O4/c1-52(2)45(61)39-27-34-28-48-46(51-42(34)57(39)36-5-3-4-6-36)49-40-13-11-37(29-47-40)55-23-25-56(26-24-55)44(60)33-17-19-53(20-18-33)30-31-15-21-54(22-16-31)35-9-7-32(8-10-35)38-12-14-41(58)50-43(38)59/h7-11,13,27-29,31,33,36,38H,3-6,12,14-26,30H2,1-2H3,(H,50,58,59)(H,47,48,49,51)/t38-/m0/s1. The Morgan fingerprint density at radius 1 is 0.787 bits per heavy atom. The molecule has 15 nitrogen and oxygen atoms in total. The van der Waals surface area contributed by atoms with Crippen LogP contribution in [0.5, 0.6) is 0 Å². The monoisotopic (exact) mass is 829 g/mol.